The third-order valence-electron chi connectivity index (χ3n) is 3.35. The monoisotopic (exact) mass is 253 g/mol. The highest BCUT2D eigenvalue weighted by Crippen LogP contribution is 2.22. The third-order valence-corrected chi connectivity index (χ3v) is 3.35. The summed E-state index contributed by atoms with van der Waals surface area (Å²) in [5, 5.41) is 15.5. The first kappa shape index (κ1) is 11.9. The van der Waals surface area contributed by atoms with Crippen LogP contribution in [0.3, 0.4) is 0 Å². The molecular formula is C15H15N3O. The molecule has 2 aromatic heterocycles. The van der Waals surface area contributed by atoms with Gasteiger partial charge in [0.2, 0.25) is 0 Å². The van der Waals surface area contributed by atoms with Crippen LogP contribution in [0.2, 0.25) is 0 Å². The molecule has 0 saturated carbocycles. The Morgan fingerprint density at radius 2 is 2.00 bits per heavy atom. The number of aliphatic hydroxyl groups excluding tert-OH is 1. The van der Waals surface area contributed by atoms with Crippen molar-refractivity contribution in [1.82, 2.24) is 14.8 Å². The predicted octanol–water partition coefficient (Wildman–Crippen LogP) is 2.24. The van der Waals surface area contributed by atoms with Gasteiger partial charge in [0.05, 0.1) is 17.3 Å². The van der Waals surface area contributed by atoms with Gasteiger partial charge in [-0.3, -0.25) is 9.67 Å². The second kappa shape index (κ2) is 4.82. The molecule has 0 amide bonds. The highest BCUT2D eigenvalue weighted by Gasteiger charge is 2.13. The van der Waals surface area contributed by atoms with E-state index in [0.717, 1.165) is 22.2 Å². The topological polar surface area (TPSA) is 50.9 Å². The lowest BCUT2D eigenvalue weighted by Gasteiger charge is -2.12. The van der Waals surface area contributed by atoms with Gasteiger partial charge in [0.15, 0.2) is 0 Å². The Kier molecular flexibility index (Phi) is 3.01. The molecule has 19 heavy (non-hydrogen) atoms. The average molecular weight is 253 g/mol. The first-order valence-electron chi connectivity index (χ1n) is 6.24. The molecule has 0 aliphatic heterocycles. The fourth-order valence-electron chi connectivity index (χ4n) is 2.36. The smallest absolute Gasteiger partial charge is 0.0996 e. The number of benzene rings is 1. The molecule has 4 heteroatoms. The number of aromatic nitrogens is 3. The molecule has 96 valence electrons. The van der Waals surface area contributed by atoms with Crippen LogP contribution in [-0.4, -0.2) is 19.9 Å². The van der Waals surface area contributed by atoms with Crippen LogP contribution in [0.1, 0.15) is 17.4 Å². The molecule has 1 aromatic carbocycles. The molecule has 0 spiro atoms. The van der Waals surface area contributed by atoms with E-state index < -0.39 is 6.10 Å². The fourth-order valence-corrected chi connectivity index (χ4v) is 2.36. The average Bonchev–Trinajstić information content (AvgIpc) is 2.85. The molecule has 2 heterocycles. The van der Waals surface area contributed by atoms with E-state index in [4.69, 9.17) is 0 Å². The van der Waals surface area contributed by atoms with Gasteiger partial charge in [0.1, 0.15) is 0 Å². The van der Waals surface area contributed by atoms with Gasteiger partial charge in [-0.1, -0.05) is 18.2 Å². The van der Waals surface area contributed by atoms with Crippen molar-refractivity contribution in [3.8, 4) is 0 Å². The van der Waals surface area contributed by atoms with E-state index in [1.807, 2.05) is 43.4 Å². The molecular weight excluding hydrogens is 238 g/mol. The molecule has 1 N–H and O–H groups in total. The van der Waals surface area contributed by atoms with Gasteiger partial charge in [-0.2, -0.15) is 5.10 Å². The van der Waals surface area contributed by atoms with Crippen LogP contribution in [-0.2, 0) is 13.5 Å². The van der Waals surface area contributed by atoms with Crippen LogP contribution in [0.15, 0.2) is 48.8 Å². The number of rotatable bonds is 3. The molecule has 0 aliphatic carbocycles. The van der Waals surface area contributed by atoms with E-state index in [2.05, 4.69) is 10.1 Å². The number of nitrogens with zero attached hydrogens (tertiary/aromatic N) is 3. The van der Waals surface area contributed by atoms with Crippen LogP contribution in [0.25, 0.3) is 10.9 Å². The van der Waals surface area contributed by atoms with Crippen molar-refractivity contribution >= 4 is 10.9 Å². The fraction of sp³-hybridized carbons (Fsp3) is 0.200. The SMILES string of the molecule is Cn1nccc1C(O)Cc1ccnc2ccccc12. The van der Waals surface area contributed by atoms with Crippen LogP contribution in [0.5, 0.6) is 0 Å². The molecule has 0 saturated heterocycles. The number of pyridine rings is 1. The number of hydrogen-bond donors (Lipinski definition) is 1. The zero-order chi connectivity index (χ0) is 13.2. The van der Waals surface area contributed by atoms with Crippen LogP contribution in [0.4, 0.5) is 0 Å². The van der Waals surface area contributed by atoms with Crippen molar-refractivity contribution in [3.05, 3.63) is 60.0 Å². The number of para-hydroxylation sites is 1. The molecule has 0 bridgehead atoms. The highest BCUT2D eigenvalue weighted by atomic mass is 16.3. The van der Waals surface area contributed by atoms with Crippen molar-refractivity contribution in [2.45, 2.75) is 12.5 Å². The maximum absolute atomic E-state index is 10.3. The van der Waals surface area contributed by atoms with Crippen LogP contribution < -0.4 is 0 Å². The van der Waals surface area contributed by atoms with Gasteiger partial charge < -0.3 is 5.11 Å². The Hall–Kier alpha value is -2.20. The van der Waals surface area contributed by atoms with Crippen LogP contribution in [0, 0.1) is 0 Å². The van der Waals surface area contributed by atoms with Crippen molar-refractivity contribution < 1.29 is 5.11 Å². The van der Waals surface area contributed by atoms with E-state index in [-0.39, 0.29) is 0 Å². The summed E-state index contributed by atoms with van der Waals surface area (Å²) in [5.74, 6) is 0. The highest BCUT2D eigenvalue weighted by molar-refractivity contribution is 5.81. The van der Waals surface area contributed by atoms with E-state index in [1.165, 1.54) is 0 Å². The lowest BCUT2D eigenvalue weighted by Crippen LogP contribution is -2.08. The molecule has 1 atom stereocenters. The molecule has 4 nitrogen and oxygen atoms in total. The van der Waals surface area contributed by atoms with Crippen molar-refractivity contribution in [2.75, 3.05) is 0 Å². The lowest BCUT2D eigenvalue weighted by molar-refractivity contribution is 0.169. The molecule has 3 rings (SSSR count). The maximum atomic E-state index is 10.3. The Labute approximate surface area is 111 Å². The largest absolute Gasteiger partial charge is 0.386 e. The van der Waals surface area contributed by atoms with E-state index in [0.29, 0.717) is 6.42 Å². The van der Waals surface area contributed by atoms with E-state index >= 15 is 0 Å². The first-order chi connectivity index (χ1) is 9.25. The zero-order valence-corrected chi connectivity index (χ0v) is 10.7. The van der Waals surface area contributed by atoms with Crippen molar-refractivity contribution in [1.29, 1.82) is 0 Å². The minimum Gasteiger partial charge on any atom is -0.386 e. The van der Waals surface area contributed by atoms with E-state index in [1.54, 1.807) is 17.1 Å². The third kappa shape index (κ3) is 2.22. The Morgan fingerprint density at radius 1 is 1.16 bits per heavy atom. The molecule has 0 aliphatic rings. The Bertz CT molecular complexity index is 700. The van der Waals surface area contributed by atoms with Gasteiger partial charge in [-0.25, -0.2) is 0 Å². The standard InChI is InChI=1S/C15H15N3O/c1-18-14(7-9-17-18)15(19)10-11-6-8-16-13-5-3-2-4-12(11)13/h2-9,15,19H,10H2,1H3. The Morgan fingerprint density at radius 3 is 2.79 bits per heavy atom. The van der Waals surface area contributed by atoms with Crippen molar-refractivity contribution in [3.63, 3.8) is 0 Å². The first-order valence-corrected chi connectivity index (χ1v) is 6.24. The summed E-state index contributed by atoms with van der Waals surface area (Å²) >= 11 is 0. The van der Waals surface area contributed by atoms with Crippen molar-refractivity contribution in [2.24, 2.45) is 7.05 Å². The maximum Gasteiger partial charge on any atom is 0.0996 e. The van der Waals surface area contributed by atoms with Gasteiger partial charge in [0.25, 0.3) is 0 Å². The van der Waals surface area contributed by atoms with Gasteiger partial charge in [-0.05, 0) is 23.8 Å². The molecule has 1 unspecified atom stereocenters. The number of aryl methyl sites for hydroxylation is 1. The summed E-state index contributed by atoms with van der Waals surface area (Å²) in [5.41, 5.74) is 2.87. The van der Waals surface area contributed by atoms with Gasteiger partial charge in [-0.15, -0.1) is 0 Å². The molecule has 0 fully saturated rings. The van der Waals surface area contributed by atoms with Gasteiger partial charge >= 0.3 is 0 Å². The molecule has 3 aromatic rings. The second-order valence-corrected chi connectivity index (χ2v) is 4.59. The lowest BCUT2D eigenvalue weighted by atomic mass is 10.0. The normalized spacial score (nSPS) is 12.7. The van der Waals surface area contributed by atoms with Crippen LogP contribution >= 0.6 is 0 Å². The summed E-state index contributed by atoms with van der Waals surface area (Å²) in [6.45, 7) is 0. The molecule has 0 radical (unpaired) electrons. The minimum absolute atomic E-state index is 0.557. The minimum atomic E-state index is -0.557. The summed E-state index contributed by atoms with van der Waals surface area (Å²) in [6.07, 6.45) is 3.48. The Balaban J connectivity index is 1.96. The number of hydrogen-bond acceptors (Lipinski definition) is 3. The zero-order valence-electron chi connectivity index (χ0n) is 10.7. The summed E-state index contributed by atoms with van der Waals surface area (Å²) < 4.78 is 1.70. The second-order valence-electron chi connectivity index (χ2n) is 4.59. The summed E-state index contributed by atoms with van der Waals surface area (Å²) in [7, 11) is 1.84. The number of fused-ring (bicyclic) bond motifs is 1. The quantitative estimate of drug-likeness (QED) is 0.779. The predicted molar refractivity (Wildman–Crippen MR) is 73.6 cm³/mol. The van der Waals surface area contributed by atoms with E-state index in [9.17, 15) is 5.11 Å². The number of aliphatic hydroxyl groups is 1. The summed E-state index contributed by atoms with van der Waals surface area (Å²) in [4.78, 5) is 4.33. The summed E-state index contributed by atoms with van der Waals surface area (Å²) in [6, 6.07) is 11.8. The van der Waals surface area contributed by atoms with Gasteiger partial charge in [0, 0.05) is 31.2 Å².